The molecule has 1 amide bonds. The quantitative estimate of drug-likeness (QED) is 0.827. The molecule has 25 heavy (non-hydrogen) atoms. The summed E-state index contributed by atoms with van der Waals surface area (Å²) in [5.74, 6) is -0.116. The van der Waals surface area contributed by atoms with Crippen molar-refractivity contribution in [2.24, 2.45) is 0 Å². The van der Waals surface area contributed by atoms with E-state index in [0.717, 1.165) is 36.9 Å². The van der Waals surface area contributed by atoms with Gasteiger partial charge in [0.1, 0.15) is 0 Å². The fraction of sp³-hybridized carbons (Fsp3) is 0.389. The Morgan fingerprint density at radius 3 is 2.60 bits per heavy atom. The molecule has 132 valence electrons. The summed E-state index contributed by atoms with van der Waals surface area (Å²) in [6, 6.07) is 9.41. The van der Waals surface area contributed by atoms with E-state index >= 15 is 0 Å². The lowest BCUT2D eigenvalue weighted by Gasteiger charge is -2.25. The van der Waals surface area contributed by atoms with Crippen molar-refractivity contribution in [2.75, 3.05) is 24.5 Å². The predicted molar refractivity (Wildman–Crippen MR) is 98.8 cm³/mol. The number of hydrogen-bond donors (Lipinski definition) is 0. The van der Waals surface area contributed by atoms with Crippen LogP contribution in [0.5, 0.6) is 0 Å². The number of rotatable bonds is 3. The number of para-hydroxylation sites is 1. The molecule has 7 heteroatoms. The van der Waals surface area contributed by atoms with Gasteiger partial charge in [-0.25, -0.2) is 8.42 Å². The summed E-state index contributed by atoms with van der Waals surface area (Å²) in [5.41, 5.74) is 2.09. The number of fused-ring (bicyclic) bond motifs is 1. The molecular formula is C18H20N2O3S2. The number of hydrogen-bond acceptors (Lipinski definition) is 4. The first-order chi connectivity index (χ1) is 12.1. The maximum Gasteiger partial charge on any atom is 0.268 e. The van der Waals surface area contributed by atoms with Crippen molar-refractivity contribution in [2.45, 2.75) is 30.6 Å². The molecule has 1 aromatic carbocycles. The van der Waals surface area contributed by atoms with Crippen molar-refractivity contribution in [1.29, 1.82) is 0 Å². The number of carbonyl (C=O) groups excluding carboxylic acids is 1. The van der Waals surface area contributed by atoms with Crippen molar-refractivity contribution in [3.8, 4) is 0 Å². The van der Waals surface area contributed by atoms with Gasteiger partial charge < -0.3 is 4.90 Å². The number of thiophene rings is 1. The lowest BCUT2D eigenvalue weighted by molar-refractivity contribution is 0.0993. The molecule has 1 saturated heterocycles. The van der Waals surface area contributed by atoms with E-state index in [9.17, 15) is 13.2 Å². The van der Waals surface area contributed by atoms with Gasteiger partial charge in [-0.2, -0.15) is 4.31 Å². The Kier molecular flexibility index (Phi) is 4.39. The first-order valence-corrected chi connectivity index (χ1v) is 10.9. The highest BCUT2D eigenvalue weighted by Crippen LogP contribution is 2.31. The van der Waals surface area contributed by atoms with Gasteiger partial charge in [0.25, 0.3) is 5.91 Å². The van der Waals surface area contributed by atoms with Gasteiger partial charge in [-0.1, -0.05) is 24.6 Å². The summed E-state index contributed by atoms with van der Waals surface area (Å²) in [6.07, 6.45) is 3.72. The van der Waals surface area contributed by atoms with Crippen molar-refractivity contribution in [3.05, 3.63) is 46.2 Å². The molecule has 5 nitrogen and oxygen atoms in total. The van der Waals surface area contributed by atoms with E-state index < -0.39 is 10.0 Å². The zero-order chi connectivity index (χ0) is 17.4. The second-order valence-corrected chi connectivity index (χ2v) is 9.30. The molecular weight excluding hydrogens is 356 g/mol. The number of amides is 1. The average molecular weight is 377 g/mol. The van der Waals surface area contributed by atoms with Crippen LogP contribution in [0, 0.1) is 0 Å². The Bertz CT molecular complexity index is 899. The van der Waals surface area contributed by atoms with Crippen LogP contribution in [0.15, 0.2) is 40.6 Å². The number of piperidine rings is 1. The smallest absolute Gasteiger partial charge is 0.268 e. The summed E-state index contributed by atoms with van der Waals surface area (Å²) in [7, 11) is -3.49. The molecule has 4 rings (SSSR count). The highest BCUT2D eigenvalue weighted by Gasteiger charge is 2.30. The van der Waals surface area contributed by atoms with Crippen LogP contribution in [0.4, 0.5) is 5.69 Å². The molecule has 0 unspecified atom stereocenters. The van der Waals surface area contributed by atoms with Crippen LogP contribution in [-0.2, 0) is 16.4 Å². The summed E-state index contributed by atoms with van der Waals surface area (Å²) >= 11 is 1.21. The average Bonchev–Trinajstić information content (AvgIpc) is 3.30. The van der Waals surface area contributed by atoms with E-state index in [-0.39, 0.29) is 10.8 Å². The molecule has 2 aromatic rings. The van der Waals surface area contributed by atoms with Gasteiger partial charge in [0, 0.05) is 30.7 Å². The van der Waals surface area contributed by atoms with Gasteiger partial charge in [-0.15, -0.1) is 11.3 Å². The fourth-order valence-electron chi connectivity index (χ4n) is 3.50. The number of sulfonamides is 1. The summed E-state index contributed by atoms with van der Waals surface area (Å²) in [5, 5.41) is 1.60. The van der Waals surface area contributed by atoms with E-state index in [1.807, 2.05) is 24.3 Å². The third-order valence-corrected chi connectivity index (χ3v) is 7.82. The summed E-state index contributed by atoms with van der Waals surface area (Å²) < 4.78 is 27.0. The SMILES string of the molecule is O=C(c1cc(S(=O)(=O)N2CCCCC2)cs1)N1CCc2ccccc21. The zero-order valence-electron chi connectivity index (χ0n) is 13.8. The Hall–Kier alpha value is -1.70. The second kappa shape index (κ2) is 6.55. The van der Waals surface area contributed by atoms with E-state index in [1.165, 1.54) is 21.7 Å². The molecule has 1 aromatic heterocycles. The summed E-state index contributed by atoms with van der Waals surface area (Å²) in [4.78, 5) is 15.3. The Morgan fingerprint density at radius 2 is 1.80 bits per heavy atom. The zero-order valence-corrected chi connectivity index (χ0v) is 15.5. The molecule has 0 spiro atoms. The molecule has 1 fully saturated rings. The standard InChI is InChI=1S/C18H20N2O3S2/c21-18(20-11-8-14-6-2-3-7-16(14)20)17-12-15(13-24-17)25(22,23)19-9-4-1-5-10-19/h2-3,6-7,12-13H,1,4-5,8-11H2. The molecule has 0 aliphatic carbocycles. The maximum atomic E-state index is 12.9. The normalized spacial score (nSPS) is 18.3. The fourth-order valence-corrected chi connectivity index (χ4v) is 6.23. The van der Waals surface area contributed by atoms with Crippen LogP contribution in [0.2, 0.25) is 0 Å². The molecule has 0 N–H and O–H groups in total. The maximum absolute atomic E-state index is 12.9. The molecule has 0 saturated carbocycles. The van der Waals surface area contributed by atoms with Crippen LogP contribution >= 0.6 is 11.3 Å². The van der Waals surface area contributed by atoms with E-state index in [1.54, 1.807) is 10.3 Å². The van der Waals surface area contributed by atoms with Crippen molar-refractivity contribution in [1.82, 2.24) is 4.31 Å². The lowest BCUT2D eigenvalue weighted by Crippen LogP contribution is -2.35. The molecule has 0 atom stereocenters. The van der Waals surface area contributed by atoms with Gasteiger partial charge in [0.15, 0.2) is 0 Å². The van der Waals surface area contributed by atoms with Gasteiger partial charge in [-0.3, -0.25) is 4.79 Å². The minimum atomic E-state index is -3.49. The number of carbonyl (C=O) groups is 1. The highest BCUT2D eigenvalue weighted by atomic mass is 32.2. The van der Waals surface area contributed by atoms with Crippen LogP contribution in [0.25, 0.3) is 0 Å². The van der Waals surface area contributed by atoms with Gasteiger partial charge in [0.05, 0.1) is 9.77 Å². The van der Waals surface area contributed by atoms with Crippen molar-refractivity contribution in [3.63, 3.8) is 0 Å². The Labute approximate surface area is 151 Å². The topological polar surface area (TPSA) is 57.7 Å². The number of nitrogens with zero attached hydrogens (tertiary/aromatic N) is 2. The molecule has 2 aliphatic rings. The Balaban J connectivity index is 1.58. The van der Waals surface area contributed by atoms with Gasteiger partial charge in [-0.05, 0) is 37.0 Å². The highest BCUT2D eigenvalue weighted by molar-refractivity contribution is 7.89. The van der Waals surface area contributed by atoms with Gasteiger partial charge in [0.2, 0.25) is 10.0 Å². The van der Waals surface area contributed by atoms with Crippen LogP contribution < -0.4 is 4.90 Å². The molecule has 0 bridgehead atoms. The second-order valence-electron chi connectivity index (χ2n) is 6.45. The molecule has 3 heterocycles. The monoisotopic (exact) mass is 376 g/mol. The first kappa shape index (κ1) is 16.8. The third kappa shape index (κ3) is 3.01. The van der Waals surface area contributed by atoms with Crippen molar-refractivity contribution >= 4 is 33.0 Å². The van der Waals surface area contributed by atoms with E-state index in [0.29, 0.717) is 24.5 Å². The van der Waals surface area contributed by atoms with E-state index in [4.69, 9.17) is 0 Å². The Morgan fingerprint density at radius 1 is 1.04 bits per heavy atom. The lowest BCUT2D eigenvalue weighted by atomic mass is 10.2. The van der Waals surface area contributed by atoms with Crippen LogP contribution in [0.3, 0.4) is 0 Å². The number of anilines is 1. The molecule has 0 radical (unpaired) electrons. The van der Waals surface area contributed by atoms with Crippen LogP contribution in [0.1, 0.15) is 34.5 Å². The van der Waals surface area contributed by atoms with Crippen molar-refractivity contribution < 1.29 is 13.2 Å². The number of benzene rings is 1. The molecule has 2 aliphatic heterocycles. The minimum Gasteiger partial charge on any atom is -0.307 e. The largest absolute Gasteiger partial charge is 0.307 e. The minimum absolute atomic E-state index is 0.116. The third-order valence-electron chi connectivity index (χ3n) is 4.87. The van der Waals surface area contributed by atoms with Gasteiger partial charge >= 0.3 is 0 Å². The van der Waals surface area contributed by atoms with Crippen LogP contribution in [-0.4, -0.2) is 38.3 Å². The summed E-state index contributed by atoms with van der Waals surface area (Å²) in [6.45, 7) is 1.78. The van der Waals surface area contributed by atoms with E-state index in [2.05, 4.69) is 0 Å². The predicted octanol–water partition coefficient (Wildman–Crippen LogP) is 3.13. The first-order valence-electron chi connectivity index (χ1n) is 8.56.